The molecule has 3 rings (SSSR count). The molecule has 0 unspecified atom stereocenters. The van der Waals surface area contributed by atoms with E-state index in [1.165, 1.54) is 17.2 Å². The van der Waals surface area contributed by atoms with E-state index in [0.29, 0.717) is 5.52 Å². The summed E-state index contributed by atoms with van der Waals surface area (Å²) in [5.41, 5.74) is 0.591. The fourth-order valence-corrected chi connectivity index (χ4v) is 2.85. The van der Waals surface area contributed by atoms with E-state index in [1.54, 1.807) is 0 Å². The number of phosphoric acid groups is 1. The number of ether oxygens (including phenoxy) is 1. The lowest BCUT2D eigenvalue weighted by molar-refractivity contribution is -0.0504. The highest BCUT2D eigenvalue weighted by atomic mass is 35.5. The standard InChI is InChI=1S/C10H13ClN5O7P/c11-15-8-5-9(13-2-12-8)16(3-14-5)10-7(18)6(17)4(23-10)1-22-24(19,20)21/h2-4,6-7,10,17-18H,1H2,(H,12,13,15)(H2,19,20,21)/t4-,6-,7-,10-/m1/s1. The molecule has 0 saturated carbocycles. The molecule has 0 aromatic carbocycles. The van der Waals surface area contributed by atoms with Crippen molar-refractivity contribution in [2.24, 2.45) is 0 Å². The van der Waals surface area contributed by atoms with Crippen LogP contribution in [0.5, 0.6) is 0 Å². The van der Waals surface area contributed by atoms with Crippen LogP contribution in [-0.4, -0.2) is 64.4 Å². The van der Waals surface area contributed by atoms with Crippen molar-refractivity contribution in [1.82, 2.24) is 19.5 Å². The summed E-state index contributed by atoms with van der Waals surface area (Å²) in [5.74, 6) is 0.245. The number of imidazole rings is 1. The van der Waals surface area contributed by atoms with Crippen LogP contribution in [0.25, 0.3) is 11.2 Å². The predicted molar refractivity (Wildman–Crippen MR) is 78.7 cm³/mol. The van der Waals surface area contributed by atoms with Crippen molar-refractivity contribution in [2.45, 2.75) is 24.5 Å². The minimum atomic E-state index is -4.73. The smallest absolute Gasteiger partial charge is 0.387 e. The fraction of sp³-hybridized carbons (Fsp3) is 0.500. The molecule has 2 aromatic heterocycles. The van der Waals surface area contributed by atoms with Crippen LogP contribution in [0.2, 0.25) is 0 Å². The maximum Gasteiger partial charge on any atom is 0.469 e. The number of rotatable bonds is 5. The zero-order valence-corrected chi connectivity index (χ0v) is 13.4. The third-order valence-corrected chi connectivity index (χ3v) is 4.13. The van der Waals surface area contributed by atoms with Crippen LogP contribution in [0, 0.1) is 0 Å². The molecule has 3 heterocycles. The first-order valence-corrected chi connectivity index (χ1v) is 8.48. The van der Waals surface area contributed by atoms with Gasteiger partial charge < -0.3 is 24.7 Å². The van der Waals surface area contributed by atoms with Gasteiger partial charge in [0.25, 0.3) is 0 Å². The monoisotopic (exact) mass is 381 g/mol. The van der Waals surface area contributed by atoms with Crippen molar-refractivity contribution in [3.05, 3.63) is 12.7 Å². The molecular formula is C10H13ClN5O7P. The molecule has 0 spiro atoms. The van der Waals surface area contributed by atoms with E-state index in [-0.39, 0.29) is 11.5 Å². The van der Waals surface area contributed by atoms with Gasteiger partial charge in [-0.15, -0.1) is 0 Å². The van der Waals surface area contributed by atoms with Crippen molar-refractivity contribution < 1.29 is 33.8 Å². The molecule has 12 nitrogen and oxygen atoms in total. The summed E-state index contributed by atoms with van der Waals surface area (Å²) >= 11 is 5.53. The number of anilines is 1. The summed E-state index contributed by atoms with van der Waals surface area (Å²) in [7, 11) is -4.73. The van der Waals surface area contributed by atoms with Crippen molar-refractivity contribution in [2.75, 3.05) is 11.4 Å². The molecule has 24 heavy (non-hydrogen) atoms. The van der Waals surface area contributed by atoms with Gasteiger partial charge in [0, 0.05) is 11.8 Å². The summed E-state index contributed by atoms with van der Waals surface area (Å²) in [5, 5.41) is 20.1. The Morgan fingerprint density at radius 3 is 2.75 bits per heavy atom. The highest BCUT2D eigenvalue weighted by Crippen LogP contribution is 2.38. The summed E-state index contributed by atoms with van der Waals surface area (Å²) in [6.07, 6.45) is -2.53. The lowest BCUT2D eigenvalue weighted by atomic mass is 10.1. The second kappa shape index (κ2) is 6.50. The van der Waals surface area contributed by atoms with Gasteiger partial charge in [0.15, 0.2) is 23.2 Å². The van der Waals surface area contributed by atoms with E-state index >= 15 is 0 Å². The number of nitrogens with one attached hydrogen (secondary N) is 1. The van der Waals surface area contributed by atoms with Gasteiger partial charge in [0.2, 0.25) is 0 Å². The Hall–Kier alpha value is -1.37. The van der Waals surface area contributed by atoms with Crippen LogP contribution < -0.4 is 4.84 Å². The molecule has 1 aliphatic rings. The van der Waals surface area contributed by atoms with Gasteiger partial charge in [-0.2, -0.15) is 0 Å². The average molecular weight is 382 g/mol. The first-order chi connectivity index (χ1) is 11.3. The molecule has 4 atom stereocenters. The highest BCUT2D eigenvalue weighted by molar-refractivity contribution is 7.46. The van der Waals surface area contributed by atoms with Crippen LogP contribution in [-0.2, 0) is 13.8 Å². The van der Waals surface area contributed by atoms with E-state index in [0.717, 1.165) is 0 Å². The van der Waals surface area contributed by atoms with Gasteiger partial charge in [0.05, 0.1) is 12.9 Å². The Balaban J connectivity index is 1.86. The number of hydrogen-bond acceptors (Lipinski definition) is 9. The highest BCUT2D eigenvalue weighted by Gasteiger charge is 2.45. The van der Waals surface area contributed by atoms with Crippen molar-refractivity contribution in [3.8, 4) is 0 Å². The molecule has 5 N–H and O–H groups in total. The third kappa shape index (κ3) is 3.23. The van der Waals surface area contributed by atoms with E-state index in [4.69, 9.17) is 26.3 Å². The quantitative estimate of drug-likeness (QED) is 0.321. The number of phosphoric ester groups is 1. The summed E-state index contributed by atoms with van der Waals surface area (Å²) < 4.78 is 21.9. The lowest BCUT2D eigenvalue weighted by Crippen LogP contribution is -2.33. The molecule has 1 aliphatic heterocycles. The Morgan fingerprint density at radius 2 is 2.08 bits per heavy atom. The van der Waals surface area contributed by atoms with Gasteiger partial charge >= 0.3 is 7.82 Å². The van der Waals surface area contributed by atoms with Crippen molar-refractivity contribution in [1.29, 1.82) is 0 Å². The normalized spacial score (nSPS) is 27.7. The molecular weight excluding hydrogens is 369 g/mol. The Kier molecular flexibility index (Phi) is 4.73. The van der Waals surface area contributed by atoms with Crippen molar-refractivity contribution in [3.63, 3.8) is 0 Å². The molecule has 14 heteroatoms. The first-order valence-electron chi connectivity index (χ1n) is 6.57. The molecule has 0 aliphatic carbocycles. The maximum absolute atomic E-state index is 10.8. The molecule has 0 bridgehead atoms. The molecule has 0 radical (unpaired) electrons. The van der Waals surface area contributed by atoms with E-state index in [9.17, 15) is 14.8 Å². The molecule has 0 amide bonds. The van der Waals surface area contributed by atoms with E-state index in [1.807, 2.05) is 0 Å². The van der Waals surface area contributed by atoms with Crippen molar-refractivity contribution >= 4 is 36.6 Å². The number of halogens is 1. The minimum Gasteiger partial charge on any atom is -0.387 e. The molecule has 1 fully saturated rings. The number of fused-ring (bicyclic) bond motifs is 1. The number of aromatic nitrogens is 4. The van der Waals surface area contributed by atoms with E-state index in [2.05, 4.69) is 24.3 Å². The van der Waals surface area contributed by atoms with Crippen LogP contribution in [0.15, 0.2) is 12.7 Å². The Morgan fingerprint density at radius 1 is 1.33 bits per heavy atom. The summed E-state index contributed by atoms with van der Waals surface area (Å²) in [6.45, 7) is -0.602. The summed E-state index contributed by atoms with van der Waals surface area (Å²) in [4.78, 5) is 31.7. The number of aliphatic hydroxyl groups is 2. The van der Waals surface area contributed by atoms with Gasteiger partial charge in [-0.1, -0.05) is 0 Å². The van der Waals surface area contributed by atoms with Crippen LogP contribution in [0.3, 0.4) is 0 Å². The van der Waals surface area contributed by atoms with Gasteiger partial charge in [-0.25, -0.2) is 19.5 Å². The predicted octanol–water partition coefficient (Wildman–Crippen LogP) is -0.880. The Labute approximate surface area is 139 Å². The number of hydrogen-bond donors (Lipinski definition) is 5. The maximum atomic E-state index is 10.8. The Bertz CT molecular complexity index is 784. The largest absolute Gasteiger partial charge is 0.469 e. The van der Waals surface area contributed by atoms with E-state index < -0.39 is 39.0 Å². The molecule has 132 valence electrons. The number of nitrogens with zero attached hydrogens (tertiary/aromatic N) is 4. The van der Waals surface area contributed by atoms with Crippen LogP contribution >= 0.6 is 19.6 Å². The first kappa shape index (κ1) is 17.5. The minimum absolute atomic E-state index is 0.245. The fourth-order valence-electron chi connectivity index (χ4n) is 2.37. The lowest BCUT2D eigenvalue weighted by Gasteiger charge is -2.16. The van der Waals surface area contributed by atoms with Crippen LogP contribution in [0.4, 0.5) is 5.82 Å². The summed E-state index contributed by atoms with van der Waals surface area (Å²) in [6, 6.07) is 0. The van der Waals surface area contributed by atoms with Gasteiger partial charge in [-0.05, 0) is 0 Å². The SMILES string of the molecule is O=P(O)(O)OC[C@H]1O[C@@H](n2cnc3c(NCl)ncnc32)[C@H](O)[C@@H]1O. The van der Waals surface area contributed by atoms with Gasteiger partial charge in [-0.3, -0.25) is 13.9 Å². The van der Waals surface area contributed by atoms with Crippen LogP contribution in [0.1, 0.15) is 6.23 Å². The zero-order chi connectivity index (χ0) is 17.5. The molecule has 2 aromatic rings. The van der Waals surface area contributed by atoms with Gasteiger partial charge in [0.1, 0.15) is 24.6 Å². The molecule has 1 saturated heterocycles. The average Bonchev–Trinajstić information content (AvgIpc) is 3.07. The second-order valence-corrected chi connectivity index (χ2v) is 6.40. The second-order valence-electron chi connectivity index (χ2n) is 4.97. The topological polar surface area (TPSA) is 172 Å². The third-order valence-electron chi connectivity index (χ3n) is 3.47. The number of aliphatic hydroxyl groups excluding tert-OH is 2. The zero-order valence-electron chi connectivity index (χ0n) is 11.8.